The maximum Gasteiger partial charge on any atom is 0.191 e. The number of nitrogens with one attached hydrogen (secondary N) is 2. The summed E-state index contributed by atoms with van der Waals surface area (Å²) in [7, 11) is -3.14. The molecule has 31 heavy (non-hydrogen) atoms. The van der Waals surface area contributed by atoms with Gasteiger partial charge in [-0.1, -0.05) is 42.5 Å². The fourth-order valence-corrected chi connectivity index (χ4v) is 4.49. The zero-order valence-electron chi connectivity index (χ0n) is 19.0. The summed E-state index contributed by atoms with van der Waals surface area (Å²) in [5.41, 5.74) is 2.98. The number of rotatable bonds is 11. The van der Waals surface area contributed by atoms with Gasteiger partial charge in [0.25, 0.3) is 0 Å². The highest BCUT2D eigenvalue weighted by Gasteiger charge is 2.12. The Hall–Kier alpha value is -2.54. The number of benzene rings is 2. The van der Waals surface area contributed by atoms with Crippen molar-refractivity contribution in [1.29, 1.82) is 0 Å². The smallest absolute Gasteiger partial charge is 0.191 e. The van der Waals surface area contributed by atoms with Crippen LogP contribution in [0.1, 0.15) is 43.9 Å². The van der Waals surface area contributed by atoms with Crippen molar-refractivity contribution < 1.29 is 13.2 Å². The highest BCUT2D eigenvalue weighted by molar-refractivity contribution is 7.90. The van der Waals surface area contributed by atoms with Crippen LogP contribution in [-0.2, 0) is 22.1 Å². The third-order valence-corrected chi connectivity index (χ3v) is 6.17. The van der Waals surface area contributed by atoms with Crippen LogP contribution in [0.15, 0.2) is 53.5 Å². The van der Waals surface area contributed by atoms with Crippen LogP contribution in [0.2, 0.25) is 0 Å². The summed E-state index contributed by atoms with van der Waals surface area (Å²) >= 11 is 0. The van der Waals surface area contributed by atoms with Crippen molar-refractivity contribution in [3.63, 3.8) is 0 Å². The van der Waals surface area contributed by atoms with E-state index in [0.29, 0.717) is 25.5 Å². The monoisotopic (exact) mass is 445 g/mol. The van der Waals surface area contributed by atoms with E-state index in [1.54, 1.807) is 0 Å². The van der Waals surface area contributed by atoms with Crippen molar-refractivity contribution in [1.82, 2.24) is 10.6 Å². The van der Waals surface area contributed by atoms with Gasteiger partial charge in [0.2, 0.25) is 0 Å². The minimum Gasteiger partial charge on any atom is -0.491 e. The summed E-state index contributed by atoms with van der Waals surface area (Å²) in [5.74, 6) is 1.73. The second-order valence-corrected chi connectivity index (χ2v) is 10.0. The standard InChI is InChI=1S/C24H35N3O3S/c1-5-25-24(27-17-22-13-12-20(4)16-23(22)30-19(2)3)26-14-9-15-31(28,29)18-21-10-7-6-8-11-21/h6-8,10-13,16,19H,5,9,14-15,17-18H2,1-4H3,(H2,25,26,27). The summed E-state index contributed by atoms with van der Waals surface area (Å²) < 4.78 is 30.6. The first-order valence-electron chi connectivity index (χ1n) is 10.8. The van der Waals surface area contributed by atoms with Gasteiger partial charge in [0.1, 0.15) is 5.75 Å². The van der Waals surface area contributed by atoms with Crippen molar-refractivity contribution in [3.05, 3.63) is 65.2 Å². The molecule has 0 aromatic heterocycles. The average Bonchev–Trinajstić information content (AvgIpc) is 2.70. The number of hydrogen-bond acceptors (Lipinski definition) is 4. The molecular weight excluding hydrogens is 410 g/mol. The third-order valence-electron chi connectivity index (χ3n) is 4.49. The van der Waals surface area contributed by atoms with E-state index in [1.165, 1.54) is 0 Å². The molecule has 6 nitrogen and oxygen atoms in total. The normalized spacial score (nSPS) is 12.1. The second-order valence-electron chi connectivity index (χ2n) is 7.83. The Kier molecular flexibility index (Phi) is 9.85. The Morgan fingerprint density at radius 1 is 1.10 bits per heavy atom. The van der Waals surface area contributed by atoms with Crippen molar-refractivity contribution in [2.24, 2.45) is 4.99 Å². The van der Waals surface area contributed by atoms with Crippen LogP contribution in [-0.4, -0.2) is 39.3 Å². The molecule has 2 rings (SSSR count). The van der Waals surface area contributed by atoms with Crippen LogP contribution in [0.3, 0.4) is 0 Å². The minimum absolute atomic E-state index is 0.0774. The summed E-state index contributed by atoms with van der Waals surface area (Å²) in [6.45, 7) is 9.78. The minimum atomic E-state index is -3.14. The molecule has 0 bridgehead atoms. The number of aliphatic imine (C=N–C) groups is 1. The number of aryl methyl sites for hydroxylation is 1. The molecule has 2 aromatic carbocycles. The van der Waals surface area contributed by atoms with E-state index >= 15 is 0 Å². The molecule has 170 valence electrons. The lowest BCUT2D eigenvalue weighted by Crippen LogP contribution is -2.38. The van der Waals surface area contributed by atoms with Gasteiger partial charge in [-0.25, -0.2) is 13.4 Å². The average molecular weight is 446 g/mol. The predicted octanol–water partition coefficient (Wildman–Crippen LogP) is 3.84. The van der Waals surface area contributed by atoms with Gasteiger partial charge in [-0.05, 0) is 51.3 Å². The number of guanidine groups is 1. The first-order valence-corrected chi connectivity index (χ1v) is 12.6. The Bertz CT molecular complexity index is 942. The molecule has 2 aromatic rings. The molecule has 2 N–H and O–H groups in total. The molecule has 0 saturated carbocycles. The van der Waals surface area contributed by atoms with Crippen molar-refractivity contribution in [2.45, 2.75) is 52.5 Å². The largest absolute Gasteiger partial charge is 0.491 e. The van der Waals surface area contributed by atoms with Gasteiger partial charge in [0.05, 0.1) is 24.2 Å². The van der Waals surface area contributed by atoms with Crippen LogP contribution in [0.4, 0.5) is 0 Å². The predicted molar refractivity (Wildman–Crippen MR) is 128 cm³/mol. The lowest BCUT2D eigenvalue weighted by atomic mass is 10.1. The Morgan fingerprint density at radius 2 is 1.84 bits per heavy atom. The van der Waals surface area contributed by atoms with Gasteiger partial charge in [-0.15, -0.1) is 0 Å². The first kappa shape index (κ1) is 24.7. The van der Waals surface area contributed by atoms with Gasteiger partial charge in [-0.2, -0.15) is 0 Å². The lowest BCUT2D eigenvalue weighted by Gasteiger charge is -2.15. The molecule has 0 fully saturated rings. The molecule has 0 spiro atoms. The maximum atomic E-state index is 12.3. The van der Waals surface area contributed by atoms with E-state index in [0.717, 1.165) is 29.0 Å². The zero-order valence-corrected chi connectivity index (χ0v) is 19.8. The Morgan fingerprint density at radius 3 is 2.52 bits per heavy atom. The van der Waals surface area contributed by atoms with E-state index < -0.39 is 9.84 Å². The third kappa shape index (κ3) is 9.42. The van der Waals surface area contributed by atoms with Gasteiger partial charge < -0.3 is 15.4 Å². The summed E-state index contributed by atoms with van der Waals surface area (Å²) in [6.07, 6.45) is 0.611. The quantitative estimate of drug-likeness (QED) is 0.312. The summed E-state index contributed by atoms with van der Waals surface area (Å²) in [6, 6.07) is 15.4. The topological polar surface area (TPSA) is 79.8 Å². The van der Waals surface area contributed by atoms with Crippen LogP contribution < -0.4 is 15.4 Å². The van der Waals surface area contributed by atoms with Gasteiger partial charge >= 0.3 is 0 Å². The molecule has 0 heterocycles. The summed E-state index contributed by atoms with van der Waals surface area (Å²) in [5, 5.41) is 6.44. The molecule has 0 radical (unpaired) electrons. The second kappa shape index (κ2) is 12.3. The van der Waals surface area contributed by atoms with Crippen molar-refractivity contribution in [3.8, 4) is 5.75 Å². The number of ether oxygens (including phenoxy) is 1. The van der Waals surface area contributed by atoms with Crippen LogP contribution in [0.5, 0.6) is 5.75 Å². The fourth-order valence-electron chi connectivity index (χ4n) is 3.06. The molecule has 0 aliphatic heterocycles. The van der Waals surface area contributed by atoms with Crippen molar-refractivity contribution in [2.75, 3.05) is 18.8 Å². The molecule has 0 unspecified atom stereocenters. The van der Waals surface area contributed by atoms with Gasteiger partial charge in [0.15, 0.2) is 15.8 Å². The van der Waals surface area contributed by atoms with E-state index in [4.69, 9.17) is 4.74 Å². The Balaban J connectivity index is 1.90. The van der Waals surface area contributed by atoms with E-state index in [2.05, 4.69) is 21.7 Å². The molecular formula is C24H35N3O3S. The number of hydrogen-bond donors (Lipinski definition) is 2. The van der Waals surface area contributed by atoms with Crippen LogP contribution in [0.25, 0.3) is 0 Å². The number of nitrogens with zero attached hydrogens (tertiary/aromatic N) is 1. The lowest BCUT2D eigenvalue weighted by molar-refractivity contribution is 0.240. The highest BCUT2D eigenvalue weighted by atomic mass is 32.2. The van der Waals surface area contributed by atoms with Gasteiger partial charge in [-0.3, -0.25) is 0 Å². The maximum absolute atomic E-state index is 12.3. The molecule has 7 heteroatoms. The molecule has 0 aliphatic carbocycles. The number of sulfone groups is 1. The van der Waals surface area contributed by atoms with Gasteiger partial charge in [0, 0.05) is 18.7 Å². The Labute approximate surface area is 187 Å². The highest BCUT2D eigenvalue weighted by Crippen LogP contribution is 2.22. The molecule has 0 saturated heterocycles. The van der Waals surface area contributed by atoms with Crippen LogP contribution >= 0.6 is 0 Å². The SMILES string of the molecule is CCNC(=NCc1ccc(C)cc1OC(C)C)NCCCS(=O)(=O)Cc1ccccc1. The van der Waals surface area contributed by atoms with E-state index in [9.17, 15) is 8.42 Å². The first-order chi connectivity index (χ1) is 14.8. The zero-order chi connectivity index (χ0) is 22.7. The van der Waals surface area contributed by atoms with E-state index in [1.807, 2.05) is 70.2 Å². The molecule has 0 atom stereocenters. The van der Waals surface area contributed by atoms with Crippen molar-refractivity contribution >= 4 is 15.8 Å². The fraction of sp³-hybridized carbons (Fsp3) is 0.458. The van der Waals surface area contributed by atoms with Crippen LogP contribution in [0, 0.1) is 6.92 Å². The molecule has 0 aliphatic rings. The summed E-state index contributed by atoms with van der Waals surface area (Å²) in [4.78, 5) is 4.65. The molecule has 0 amide bonds. The van der Waals surface area contributed by atoms with E-state index in [-0.39, 0.29) is 17.6 Å².